The second-order valence-electron chi connectivity index (χ2n) is 6.08. The van der Waals surface area contributed by atoms with Gasteiger partial charge >= 0.3 is 0 Å². The molecule has 0 unspecified atom stereocenters. The molecule has 0 bridgehead atoms. The average molecular weight is 437 g/mol. The molecule has 0 aliphatic rings. The monoisotopic (exact) mass is 436 g/mol. The fourth-order valence-corrected chi connectivity index (χ4v) is 3.03. The van der Waals surface area contributed by atoms with Crippen LogP contribution in [0.2, 0.25) is 0 Å². The number of nitrogens with zero attached hydrogens (tertiary/aromatic N) is 2. The molecule has 2 N–H and O–H groups in total. The number of hydrogen-bond acceptors (Lipinski definition) is 4. The third-order valence-corrected chi connectivity index (χ3v) is 4.73. The summed E-state index contributed by atoms with van der Waals surface area (Å²) in [5.41, 5.74) is 3.27. The van der Waals surface area contributed by atoms with E-state index < -0.39 is 4.92 Å². The molecule has 1 amide bonds. The number of nitro groups is 1. The Labute approximate surface area is 167 Å². The lowest BCUT2D eigenvalue weighted by Gasteiger charge is -2.06. The summed E-state index contributed by atoms with van der Waals surface area (Å²) in [5, 5.41) is 13.7. The predicted octanol–water partition coefficient (Wildman–Crippen LogP) is 5.15. The molecule has 0 saturated heterocycles. The highest BCUT2D eigenvalue weighted by atomic mass is 79.9. The van der Waals surface area contributed by atoms with Gasteiger partial charge in [-0.2, -0.15) is 0 Å². The Balaban J connectivity index is 1.54. The molecule has 28 heavy (non-hydrogen) atoms. The molecule has 7 nitrogen and oxygen atoms in total. The van der Waals surface area contributed by atoms with Crippen molar-refractivity contribution >= 4 is 44.2 Å². The Morgan fingerprint density at radius 2 is 1.75 bits per heavy atom. The number of anilines is 1. The van der Waals surface area contributed by atoms with Gasteiger partial charge in [0.2, 0.25) is 0 Å². The van der Waals surface area contributed by atoms with Crippen molar-refractivity contribution in [1.82, 2.24) is 9.97 Å². The maximum atomic E-state index is 12.3. The van der Waals surface area contributed by atoms with Crippen molar-refractivity contribution in [3.63, 3.8) is 0 Å². The van der Waals surface area contributed by atoms with Gasteiger partial charge in [0.05, 0.1) is 16.0 Å². The van der Waals surface area contributed by atoms with Crippen LogP contribution in [0.1, 0.15) is 10.4 Å². The van der Waals surface area contributed by atoms with E-state index in [4.69, 9.17) is 0 Å². The van der Waals surface area contributed by atoms with Crippen LogP contribution >= 0.6 is 15.9 Å². The number of rotatable bonds is 4. The summed E-state index contributed by atoms with van der Waals surface area (Å²) < 4.78 is 0.907. The second-order valence-corrected chi connectivity index (χ2v) is 7.00. The van der Waals surface area contributed by atoms with Crippen molar-refractivity contribution in [1.29, 1.82) is 0 Å². The van der Waals surface area contributed by atoms with Gasteiger partial charge in [-0.05, 0) is 54.6 Å². The number of imidazole rings is 1. The molecule has 0 spiro atoms. The summed E-state index contributed by atoms with van der Waals surface area (Å²) in [4.78, 5) is 30.3. The normalized spacial score (nSPS) is 10.8. The number of carbonyl (C=O) groups is 1. The molecule has 8 heteroatoms. The van der Waals surface area contributed by atoms with E-state index >= 15 is 0 Å². The molecule has 138 valence electrons. The largest absolute Gasteiger partial charge is 0.338 e. The molecule has 0 atom stereocenters. The van der Waals surface area contributed by atoms with Gasteiger partial charge in [0.25, 0.3) is 11.6 Å². The number of H-pyrrole nitrogens is 1. The molecule has 1 aromatic heterocycles. The fraction of sp³-hybridized carbons (Fsp3) is 0. The minimum atomic E-state index is -0.442. The van der Waals surface area contributed by atoms with E-state index in [9.17, 15) is 14.9 Å². The standard InChI is InChI=1S/C20H13BrN4O3/c21-14-5-1-13(2-6-14)20(26)22-15-7-3-12(4-8-15)19-23-17-10-9-16(25(27)28)11-18(17)24-19/h1-11H,(H,22,26)(H,23,24). The number of halogens is 1. The number of non-ortho nitro benzene ring substituents is 1. The topological polar surface area (TPSA) is 101 Å². The van der Waals surface area contributed by atoms with Crippen LogP contribution in [0.4, 0.5) is 11.4 Å². The number of aromatic amines is 1. The van der Waals surface area contributed by atoms with Gasteiger partial charge in [-0.25, -0.2) is 4.98 Å². The van der Waals surface area contributed by atoms with E-state index in [1.807, 2.05) is 24.3 Å². The summed E-state index contributed by atoms with van der Waals surface area (Å²) in [6, 6.07) is 18.8. The maximum absolute atomic E-state index is 12.3. The molecular formula is C20H13BrN4O3. The number of nitro benzene ring substituents is 1. The van der Waals surface area contributed by atoms with Crippen LogP contribution in [-0.4, -0.2) is 20.8 Å². The lowest BCUT2D eigenvalue weighted by atomic mass is 10.1. The zero-order chi connectivity index (χ0) is 19.7. The van der Waals surface area contributed by atoms with E-state index in [2.05, 4.69) is 31.2 Å². The number of amides is 1. The first kappa shape index (κ1) is 17.9. The first-order valence-electron chi connectivity index (χ1n) is 8.31. The molecule has 0 saturated carbocycles. The predicted molar refractivity (Wildman–Crippen MR) is 110 cm³/mol. The van der Waals surface area contributed by atoms with Gasteiger partial charge in [0.1, 0.15) is 5.82 Å². The molecular weight excluding hydrogens is 424 g/mol. The van der Waals surface area contributed by atoms with Crippen LogP contribution in [0.25, 0.3) is 22.4 Å². The number of aromatic nitrogens is 2. The molecule has 1 heterocycles. The van der Waals surface area contributed by atoms with E-state index in [0.717, 1.165) is 10.0 Å². The van der Waals surface area contributed by atoms with E-state index in [1.54, 1.807) is 30.3 Å². The first-order chi connectivity index (χ1) is 13.5. The Morgan fingerprint density at radius 1 is 1.04 bits per heavy atom. The highest BCUT2D eigenvalue weighted by molar-refractivity contribution is 9.10. The lowest BCUT2D eigenvalue weighted by Crippen LogP contribution is -2.11. The van der Waals surface area contributed by atoms with Crippen molar-refractivity contribution in [2.24, 2.45) is 0 Å². The number of fused-ring (bicyclic) bond motifs is 1. The minimum Gasteiger partial charge on any atom is -0.338 e. The summed E-state index contributed by atoms with van der Waals surface area (Å²) in [6.45, 7) is 0. The number of nitrogens with one attached hydrogen (secondary N) is 2. The van der Waals surface area contributed by atoms with E-state index in [0.29, 0.717) is 28.1 Å². The zero-order valence-corrected chi connectivity index (χ0v) is 15.9. The Bertz CT molecular complexity index is 1180. The summed E-state index contributed by atoms with van der Waals surface area (Å²) in [7, 11) is 0. The van der Waals surface area contributed by atoms with Gasteiger partial charge in [-0.1, -0.05) is 15.9 Å². The maximum Gasteiger partial charge on any atom is 0.271 e. The van der Waals surface area contributed by atoms with E-state index in [-0.39, 0.29) is 11.6 Å². The lowest BCUT2D eigenvalue weighted by molar-refractivity contribution is -0.384. The van der Waals surface area contributed by atoms with Crippen molar-refractivity contribution < 1.29 is 9.72 Å². The fourth-order valence-electron chi connectivity index (χ4n) is 2.76. The molecule has 0 fully saturated rings. The van der Waals surface area contributed by atoms with Crippen molar-refractivity contribution in [3.05, 3.63) is 86.9 Å². The molecule has 4 rings (SSSR count). The van der Waals surface area contributed by atoms with Gasteiger partial charge in [0.15, 0.2) is 0 Å². The average Bonchev–Trinajstić information content (AvgIpc) is 3.12. The van der Waals surface area contributed by atoms with Gasteiger partial charge in [0, 0.05) is 33.4 Å². The Kier molecular flexibility index (Phi) is 4.62. The number of carbonyl (C=O) groups excluding carboxylic acids is 1. The summed E-state index contributed by atoms with van der Waals surface area (Å²) in [5.74, 6) is 0.401. The van der Waals surface area contributed by atoms with Gasteiger partial charge in [-0.3, -0.25) is 14.9 Å². The van der Waals surface area contributed by atoms with Gasteiger partial charge < -0.3 is 10.3 Å². The third-order valence-electron chi connectivity index (χ3n) is 4.20. The minimum absolute atomic E-state index is 0.00806. The molecule has 3 aromatic carbocycles. The van der Waals surface area contributed by atoms with Crippen molar-refractivity contribution in [2.45, 2.75) is 0 Å². The smallest absolute Gasteiger partial charge is 0.271 e. The van der Waals surface area contributed by atoms with Crippen LogP contribution in [0.15, 0.2) is 71.2 Å². The molecule has 4 aromatic rings. The number of hydrogen-bond donors (Lipinski definition) is 2. The highest BCUT2D eigenvalue weighted by Gasteiger charge is 2.11. The highest BCUT2D eigenvalue weighted by Crippen LogP contribution is 2.25. The molecule has 0 radical (unpaired) electrons. The molecule has 0 aliphatic heterocycles. The SMILES string of the molecule is O=C(Nc1ccc(-c2nc3ccc([N+](=O)[O-])cc3[nH]2)cc1)c1ccc(Br)cc1. The zero-order valence-electron chi connectivity index (χ0n) is 14.3. The number of benzene rings is 3. The van der Waals surface area contributed by atoms with Crippen molar-refractivity contribution in [2.75, 3.05) is 5.32 Å². The van der Waals surface area contributed by atoms with Crippen LogP contribution in [0.5, 0.6) is 0 Å². The summed E-state index contributed by atoms with van der Waals surface area (Å²) in [6.07, 6.45) is 0. The van der Waals surface area contributed by atoms with E-state index in [1.165, 1.54) is 12.1 Å². The van der Waals surface area contributed by atoms with Crippen LogP contribution < -0.4 is 5.32 Å². The Morgan fingerprint density at radius 3 is 2.43 bits per heavy atom. The Hall–Kier alpha value is -3.52. The quantitative estimate of drug-likeness (QED) is 0.341. The van der Waals surface area contributed by atoms with Gasteiger partial charge in [-0.15, -0.1) is 0 Å². The van der Waals surface area contributed by atoms with Crippen LogP contribution in [0, 0.1) is 10.1 Å². The van der Waals surface area contributed by atoms with Crippen molar-refractivity contribution in [3.8, 4) is 11.4 Å². The van der Waals surface area contributed by atoms with Crippen LogP contribution in [-0.2, 0) is 0 Å². The second kappa shape index (κ2) is 7.24. The first-order valence-corrected chi connectivity index (χ1v) is 9.10. The third kappa shape index (κ3) is 3.63. The molecule has 0 aliphatic carbocycles. The van der Waals surface area contributed by atoms with Crippen LogP contribution in [0.3, 0.4) is 0 Å². The summed E-state index contributed by atoms with van der Waals surface area (Å²) >= 11 is 3.34.